The van der Waals surface area contributed by atoms with Gasteiger partial charge in [0.2, 0.25) is 5.43 Å². The molecule has 3 rings (SSSR count). The summed E-state index contributed by atoms with van der Waals surface area (Å²) in [6.07, 6.45) is -3.49. The normalized spacial score (nSPS) is 11.8. The number of fused-ring (bicyclic) bond motifs is 1. The molecule has 8 heteroatoms. The second-order valence-electron chi connectivity index (χ2n) is 6.63. The molecule has 4 nitrogen and oxygen atoms in total. The van der Waals surface area contributed by atoms with Crippen molar-refractivity contribution in [2.24, 2.45) is 0 Å². The molecule has 0 aliphatic rings. The van der Waals surface area contributed by atoms with Crippen LogP contribution in [0.5, 0.6) is 0 Å². The third-order valence-electron chi connectivity index (χ3n) is 4.35. The van der Waals surface area contributed by atoms with Crippen molar-refractivity contribution in [2.45, 2.75) is 25.9 Å². The summed E-state index contributed by atoms with van der Waals surface area (Å²) >= 11 is 5.89. The van der Waals surface area contributed by atoms with Crippen LogP contribution in [0.3, 0.4) is 0 Å². The van der Waals surface area contributed by atoms with Gasteiger partial charge in [0.1, 0.15) is 5.56 Å². The van der Waals surface area contributed by atoms with Gasteiger partial charge in [-0.3, -0.25) is 9.59 Å². The molecule has 146 valence electrons. The van der Waals surface area contributed by atoms with Crippen LogP contribution in [0.4, 0.5) is 18.9 Å². The van der Waals surface area contributed by atoms with E-state index in [9.17, 15) is 22.8 Å². The van der Waals surface area contributed by atoms with Gasteiger partial charge in [0.15, 0.2) is 0 Å². The number of hydrogen-bond acceptors (Lipinski definition) is 2. The van der Waals surface area contributed by atoms with E-state index < -0.39 is 28.8 Å². The first-order valence-corrected chi connectivity index (χ1v) is 8.79. The number of amides is 1. The molecule has 0 saturated heterocycles. The first-order valence-electron chi connectivity index (χ1n) is 8.41. The Morgan fingerprint density at radius 1 is 1.14 bits per heavy atom. The number of benzene rings is 2. The Balaban J connectivity index is 2.03. The molecule has 1 aromatic heterocycles. The predicted molar refractivity (Wildman–Crippen MR) is 103 cm³/mol. The summed E-state index contributed by atoms with van der Waals surface area (Å²) in [4.78, 5) is 27.9. The fraction of sp³-hybridized carbons (Fsp3) is 0.200. The summed E-state index contributed by atoms with van der Waals surface area (Å²) in [6, 6.07) is 8.26. The highest BCUT2D eigenvalue weighted by molar-refractivity contribution is 6.31. The Labute approximate surface area is 163 Å². The Bertz CT molecular complexity index is 1120. The molecule has 0 bridgehead atoms. The number of rotatable bonds is 3. The lowest BCUT2D eigenvalue weighted by molar-refractivity contribution is -0.137. The van der Waals surface area contributed by atoms with Gasteiger partial charge in [-0.05, 0) is 41.8 Å². The van der Waals surface area contributed by atoms with Crippen LogP contribution in [0.25, 0.3) is 10.9 Å². The first-order chi connectivity index (χ1) is 13.1. The minimum Gasteiger partial charge on any atom is -0.360 e. The van der Waals surface area contributed by atoms with Crippen molar-refractivity contribution < 1.29 is 18.0 Å². The monoisotopic (exact) mass is 408 g/mol. The number of anilines is 1. The highest BCUT2D eigenvalue weighted by Crippen LogP contribution is 2.36. The number of carbonyl (C=O) groups is 1. The number of nitrogens with one attached hydrogen (secondary N) is 2. The molecule has 0 radical (unpaired) electrons. The average Bonchev–Trinajstić information content (AvgIpc) is 2.61. The zero-order chi connectivity index (χ0) is 20.6. The second-order valence-corrected chi connectivity index (χ2v) is 7.07. The van der Waals surface area contributed by atoms with Gasteiger partial charge in [-0.2, -0.15) is 13.2 Å². The number of halogens is 4. The standard InChI is InChI=1S/C20H16ClF3N2O2/c1-10(2)11-3-5-17(15(7-11)20(22,23)24)26-19(28)14-9-25-16-6-4-12(21)8-13(16)18(14)27/h3-10H,1-2H3,(H,25,27)(H,26,28). The van der Waals surface area contributed by atoms with E-state index >= 15 is 0 Å². The summed E-state index contributed by atoms with van der Waals surface area (Å²) in [5, 5.41) is 2.69. The van der Waals surface area contributed by atoms with E-state index in [1.807, 2.05) is 0 Å². The van der Waals surface area contributed by atoms with Crippen molar-refractivity contribution in [3.05, 3.63) is 74.5 Å². The van der Waals surface area contributed by atoms with Gasteiger partial charge in [-0.25, -0.2) is 0 Å². The van der Waals surface area contributed by atoms with E-state index in [-0.39, 0.29) is 16.9 Å². The van der Waals surface area contributed by atoms with E-state index in [1.165, 1.54) is 24.4 Å². The first kappa shape index (κ1) is 19.9. The van der Waals surface area contributed by atoms with E-state index in [4.69, 9.17) is 11.6 Å². The van der Waals surface area contributed by atoms with Gasteiger partial charge >= 0.3 is 6.18 Å². The van der Waals surface area contributed by atoms with Gasteiger partial charge in [0, 0.05) is 22.1 Å². The van der Waals surface area contributed by atoms with Crippen molar-refractivity contribution in [1.82, 2.24) is 4.98 Å². The lowest BCUT2D eigenvalue weighted by atomic mass is 9.99. The van der Waals surface area contributed by atoms with Crippen LogP contribution in [-0.4, -0.2) is 10.9 Å². The highest BCUT2D eigenvalue weighted by Gasteiger charge is 2.34. The maximum atomic E-state index is 13.4. The van der Waals surface area contributed by atoms with Crippen LogP contribution < -0.4 is 10.7 Å². The zero-order valence-corrected chi connectivity index (χ0v) is 15.7. The molecule has 3 aromatic rings. The zero-order valence-electron chi connectivity index (χ0n) is 14.9. The summed E-state index contributed by atoms with van der Waals surface area (Å²) < 4.78 is 40.3. The minimum atomic E-state index is -4.66. The molecule has 28 heavy (non-hydrogen) atoms. The Kier molecular flexibility index (Phi) is 5.21. The van der Waals surface area contributed by atoms with E-state index in [2.05, 4.69) is 10.3 Å². The summed E-state index contributed by atoms with van der Waals surface area (Å²) in [7, 11) is 0. The van der Waals surface area contributed by atoms with E-state index in [0.29, 0.717) is 16.1 Å². The van der Waals surface area contributed by atoms with Crippen molar-refractivity contribution in [2.75, 3.05) is 5.32 Å². The molecule has 2 aromatic carbocycles. The van der Waals surface area contributed by atoms with Crippen molar-refractivity contribution in [3.63, 3.8) is 0 Å². The lowest BCUT2D eigenvalue weighted by Crippen LogP contribution is -2.23. The molecule has 1 amide bonds. The number of hydrogen-bond donors (Lipinski definition) is 2. The number of aromatic nitrogens is 1. The predicted octanol–water partition coefficient (Wildman–Crippen LogP) is 5.58. The number of pyridine rings is 1. The van der Waals surface area contributed by atoms with Gasteiger partial charge < -0.3 is 10.3 Å². The molecule has 0 aliphatic heterocycles. The molecular formula is C20H16ClF3N2O2. The smallest absolute Gasteiger partial charge is 0.360 e. The number of H-pyrrole nitrogens is 1. The topological polar surface area (TPSA) is 62.0 Å². The molecule has 0 fully saturated rings. The largest absolute Gasteiger partial charge is 0.418 e. The summed E-state index contributed by atoms with van der Waals surface area (Å²) in [5.74, 6) is -1.05. The molecular weight excluding hydrogens is 393 g/mol. The molecule has 0 saturated carbocycles. The van der Waals surface area contributed by atoms with Gasteiger partial charge in [0.05, 0.1) is 11.3 Å². The summed E-state index contributed by atoms with van der Waals surface area (Å²) in [5.41, 5.74) is -1.36. The maximum Gasteiger partial charge on any atom is 0.418 e. The third-order valence-corrected chi connectivity index (χ3v) is 4.59. The number of alkyl halides is 3. The van der Waals surface area contributed by atoms with Crippen LogP contribution in [0, 0.1) is 0 Å². The molecule has 0 unspecified atom stereocenters. The van der Waals surface area contributed by atoms with Gasteiger partial charge in [-0.1, -0.05) is 31.5 Å². The summed E-state index contributed by atoms with van der Waals surface area (Å²) in [6.45, 7) is 3.54. The molecule has 0 aliphatic carbocycles. The van der Waals surface area contributed by atoms with Crippen LogP contribution in [0.2, 0.25) is 5.02 Å². The Morgan fingerprint density at radius 2 is 1.86 bits per heavy atom. The maximum absolute atomic E-state index is 13.4. The SMILES string of the molecule is CC(C)c1ccc(NC(=O)c2c[nH]c3ccc(Cl)cc3c2=O)c(C(F)(F)F)c1. The fourth-order valence-corrected chi connectivity index (χ4v) is 2.99. The lowest BCUT2D eigenvalue weighted by Gasteiger charge is -2.16. The van der Waals surface area contributed by atoms with E-state index in [0.717, 1.165) is 6.07 Å². The highest BCUT2D eigenvalue weighted by atomic mass is 35.5. The Hall–Kier alpha value is -2.80. The van der Waals surface area contributed by atoms with Crippen molar-refractivity contribution >= 4 is 34.1 Å². The Morgan fingerprint density at radius 3 is 2.50 bits per heavy atom. The molecule has 0 spiro atoms. The third kappa shape index (κ3) is 3.89. The number of carbonyl (C=O) groups excluding carboxylic acids is 1. The van der Waals surface area contributed by atoms with Crippen LogP contribution >= 0.6 is 11.6 Å². The molecule has 1 heterocycles. The quantitative estimate of drug-likeness (QED) is 0.594. The second kappa shape index (κ2) is 7.31. The van der Waals surface area contributed by atoms with Gasteiger partial charge in [-0.15, -0.1) is 0 Å². The molecule has 0 atom stereocenters. The van der Waals surface area contributed by atoms with Gasteiger partial charge in [0.25, 0.3) is 5.91 Å². The average molecular weight is 409 g/mol. The van der Waals surface area contributed by atoms with Crippen LogP contribution in [0.1, 0.15) is 41.3 Å². The fourth-order valence-electron chi connectivity index (χ4n) is 2.81. The van der Waals surface area contributed by atoms with Crippen molar-refractivity contribution in [1.29, 1.82) is 0 Å². The minimum absolute atomic E-state index is 0.112. The van der Waals surface area contributed by atoms with Crippen LogP contribution in [-0.2, 0) is 6.18 Å². The molecule has 2 N–H and O–H groups in total. The number of aromatic amines is 1. The van der Waals surface area contributed by atoms with Crippen LogP contribution in [0.15, 0.2) is 47.4 Å². The van der Waals surface area contributed by atoms with E-state index in [1.54, 1.807) is 26.0 Å². The van der Waals surface area contributed by atoms with Crippen molar-refractivity contribution in [3.8, 4) is 0 Å².